The maximum atomic E-state index is 12.5. The maximum absolute atomic E-state index is 12.5. The summed E-state index contributed by atoms with van der Waals surface area (Å²) in [6.07, 6.45) is -1.56. The Morgan fingerprint density at radius 1 is 0.897 bits per heavy atom. The summed E-state index contributed by atoms with van der Waals surface area (Å²) in [5, 5.41) is 26.5. The molecule has 0 aromatic heterocycles. The summed E-state index contributed by atoms with van der Waals surface area (Å²) in [7, 11) is 1.28. The highest BCUT2D eigenvalue weighted by Crippen LogP contribution is 2.05. The molecule has 0 rings (SSSR count). The first-order valence-corrected chi connectivity index (χ1v) is 8.71. The topological polar surface area (TPSA) is 191 Å². The number of carbonyl (C=O) groups excluding carboxylic acids is 5. The monoisotopic (exact) mass is 414 g/mol. The summed E-state index contributed by atoms with van der Waals surface area (Å²) < 4.78 is 0. The molecule has 0 fully saturated rings. The molecule has 6 N–H and O–H groups in total. The second-order valence-electron chi connectivity index (χ2n) is 6.18. The number of hydrogen-bond donors (Lipinski definition) is 6. The van der Waals surface area contributed by atoms with Crippen molar-refractivity contribution in [2.45, 2.75) is 38.3 Å². The van der Waals surface area contributed by atoms with Crippen LogP contribution in [0.1, 0.15) is 26.2 Å². The SMILES string of the molecule is [CH]C(=O)CC(NC(=O)C(C)CC(=O)O)C(=O)NC(CC(=O)NCCO)C(=O)NC. The Bertz CT molecular complexity index is 637. The Morgan fingerprint density at radius 3 is 1.93 bits per heavy atom. The lowest BCUT2D eigenvalue weighted by molar-refractivity contribution is -0.141. The van der Waals surface area contributed by atoms with Crippen molar-refractivity contribution in [1.82, 2.24) is 21.3 Å². The summed E-state index contributed by atoms with van der Waals surface area (Å²) >= 11 is 0. The molecule has 0 heterocycles. The van der Waals surface area contributed by atoms with E-state index in [-0.39, 0.29) is 13.2 Å². The number of aliphatic carboxylic acids is 1. The van der Waals surface area contributed by atoms with Crippen molar-refractivity contribution in [2.24, 2.45) is 5.92 Å². The second-order valence-corrected chi connectivity index (χ2v) is 6.18. The lowest BCUT2D eigenvalue weighted by atomic mass is 10.0. The third kappa shape index (κ3) is 10.8. The second kappa shape index (κ2) is 13.2. The van der Waals surface area contributed by atoms with Crippen molar-refractivity contribution < 1.29 is 39.0 Å². The van der Waals surface area contributed by atoms with E-state index < -0.39 is 72.6 Å². The molecule has 0 aliphatic heterocycles. The van der Waals surface area contributed by atoms with E-state index in [9.17, 15) is 28.8 Å². The molecule has 4 amide bonds. The fraction of sp³-hybridized carbons (Fsp3) is 0.588. The van der Waals surface area contributed by atoms with Gasteiger partial charge < -0.3 is 31.5 Å². The van der Waals surface area contributed by atoms with Crippen LogP contribution in [0.25, 0.3) is 0 Å². The molecule has 0 aromatic rings. The van der Waals surface area contributed by atoms with Gasteiger partial charge in [-0.15, -0.1) is 0 Å². The van der Waals surface area contributed by atoms with Gasteiger partial charge in [-0.2, -0.15) is 0 Å². The number of aliphatic hydroxyl groups excluding tert-OH is 1. The number of carboxylic acids is 1. The molecule has 0 aliphatic carbocycles. The van der Waals surface area contributed by atoms with Gasteiger partial charge >= 0.3 is 5.97 Å². The summed E-state index contributed by atoms with van der Waals surface area (Å²) in [5.41, 5.74) is 0. The highest BCUT2D eigenvalue weighted by Gasteiger charge is 2.30. The average molecular weight is 414 g/mol. The molecule has 0 aromatic carbocycles. The fourth-order valence-electron chi connectivity index (χ4n) is 2.19. The van der Waals surface area contributed by atoms with Gasteiger partial charge in [0.1, 0.15) is 17.9 Å². The van der Waals surface area contributed by atoms with E-state index >= 15 is 0 Å². The molecule has 162 valence electrons. The van der Waals surface area contributed by atoms with Crippen molar-refractivity contribution in [3.8, 4) is 0 Å². The van der Waals surface area contributed by atoms with E-state index in [4.69, 9.17) is 17.1 Å². The average Bonchev–Trinajstić information content (AvgIpc) is 2.63. The molecule has 0 spiro atoms. The first-order valence-electron chi connectivity index (χ1n) is 8.71. The molecule has 3 unspecified atom stereocenters. The Morgan fingerprint density at radius 2 is 1.45 bits per heavy atom. The molecule has 12 heteroatoms. The van der Waals surface area contributed by atoms with Crippen LogP contribution in [0.15, 0.2) is 0 Å². The Hall–Kier alpha value is -3.02. The Kier molecular flexibility index (Phi) is 11.8. The minimum Gasteiger partial charge on any atom is -0.481 e. The van der Waals surface area contributed by atoms with Crippen LogP contribution in [0.5, 0.6) is 0 Å². The predicted molar refractivity (Wildman–Crippen MR) is 98.0 cm³/mol. The molecule has 2 radical (unpaired) electrons. The van der Waals surface area contributed by atoms with Gasteiger partial charge in [0, 0.05) is 32.9 Å². The Balaban J connectivity index is 5.24. The van der Waals surface area contributed by atoms with Crippen molar-refractivity contribution >= 4 is 35.4 Å². The van der Waals surface area contributed by atoms with Crippen LogP contribution in [-0.2, 0) is 28.8 Å². The zero-order valence-electron chi connectivity index (χ0n) is 16.2. The number of aliphatic hydroxyl groups is 1. The zero-order valence-corrected chi connectivity index (χ0v) is 16.2. The van der Waals surface area contributed by atoms with Crippen LogP contribution in [0.3, 0.4) is 0 Å². The minimum absolute atomic E-state index is 0.0466. The lowest BCUT2D eigenvalue weighted by Crippen LogP contribution is -2.55. The van der Waals surface area contributed by atoms with Crippen LogP contribution in [0.4, 0.5) is 0 Å². The van der Waals surface area contributed by atoms with Crippen LogP contribution < -0.4 is 21.3 Å². The first-order chi connectivity index (χ1) is 13.5. The Labute approximate surface area is 167 Å². The van der Waals surface area contributed by atoms with Crippen LogP contribution in [0.2, 0.25) is 0 Å². The van der Waals surface area contributed by atoms with E-state index in [0.717, 1.165) is 0 Å². The third-order valence-electron chi connectivity index (χ3n) is 3.67. The number of carbonyl (C=O) groups is 6. The van der Waals surface area contributed by atoms with Gasteiger partial charge in [0.2, 0.25) is 23.6 Å². The van der Waals surface area contributed by atoms with E-state index in [1.165, 1.54) is 14.0 Å². The van der Waals surface area contributed by atoms with E-state index in [1.807, 2.05) is 0 Å². The van der Waals surface area contributed by atoms with Crippen LogP contribution in [0, 0.1) is 12.8 Å². The molecule has 0 bridgehead atoms. The highest BCUT2D eigenvalue weighted by atomic mass is 16.4. The molecule has 0 saturated carbocycles. The maximum Gasteiger partial charge on any atom is 0.304 e. The van der Waals surface area contributed by atoms with E-state index in [2.05, 4.69) is 21.3 Å². The zero-order chi connectivity index (χ0) is 22.6. The van der Waals surface area contributed by atoms with Gasteiger partial charge in [-0.3, -0.25) is 28.8 Å². The smallest absolute Gasteiger partial charge is 0.304 e. The van der Waals surface area contributed by atoms with Gasteiger partial charge in [0.05, 0.1) is 19.4 Å². The number of ketones is 1. The summed E-state index contributed by atoms with van der Waals surface area (Å²) in [6.45, 7) is 6.04. The van der Waals surface area contributed by atoms with Gasteiger partial charge in [-0.1, -0.05) is 6.92 Å². The molecule has 0 aliphatic rings. The first kappa shape index (κ1) is 26.0. The van der Waals surface area contributed by atoms with Crippen molar-refractivity contribution in [3.63, 3.8) is 0 Å². The predicted octanol–water partition coefficient (Wildman–Crippen LogP) is -3.02. The van der Waals surface area contributed by atoms with E-state index in [0.29, 0.717) is 0 Å². The van der Waals surface area contributed by atoms with Gasteiger partial charge in [0.25, 0.3) is 0 Å². The molecular weight excluding hydrogens is 388 g/mol. The van der Waals surface area contributed by atoms with Crippen molar-refractivity contribution in [1.29, 1.82) is 0 Å². The number of carboxylic acid groups (broad SMARTS) is 1. The molecular formula is C17H26N4O8. The van der Waals surface area contributed by atoms with Crippen molar-refractivity contribution in [2.75, 3.05) is 20.2 Å². The van der Waals surface area contributed by atoms with Crippen LogP contribution in [-0.4, -0.2) is 77.9 Å². The fourth-order valence-corrected chi connectivity index (χ4v) is 2.19. The van der Waals surface area contributed by atoms with Crippen LogP contribution >= 0.6 is 0 Å². The third-order valence-corrected chi connectivity index (χ3v) is 3.67. The number of amides is 4. The molecule has 0 saturated heterocycles. The highest BCUT2D eigenvalue weighted by molar-refractivity contribution is 5.97. The largest absolute Gasteiger partial charge is 0.481 e. The summed E-state index contributed by atoms with van der Waals surface area (Å²) in [4.78, 5) is 70.2. The number of rotatable bonds is 13. The van der Waals surface area contributed by atoms with Gasteiger partial charge in [0.15, 0.2) is 0 Å². The number of Topliss-reactive ketones (excluding diaryl/α,β-unsaturated/α-hetero) is 1. The number of nitrogens with one attached hydrogen (secondary N) is 4. The quantitative estimate of drug-likeness (QED) is 0.183. The normalized spacial score (nSPS) is 13.4. The molecule has 12 nitrogen and oxygen atoms in total. The number of hydrogen-bond acceptors (Lipinski definition) is 7. The van der Waals surface area contributed by atoms with Crippen molar-refractivity contribution in [3.05, 3.63) is 6.92 Å². The summed E-state index contributed by atoms with van der Waals surface area (Å²) in [6, 6.07) is -2.79. The lowest BCUT2D eigenvalue weighted by Gasteiger charge is -2.23. The molecule has 29 heavy (non-hydrogen) atoms. The van der Waals surface area contributed by atoms with Gasteiger partial charge in [-0.25, -0.2) is 0 Å². The standard InChI is InChI=1S/C17H26N4O8/c1-9(6-14(25)26)15(27)20-11(7-10(2)23)17(29)21-12(16(28)18-3)8-13(24)19-4-5-22/h2,9,11-12,22H,4-8H2,1,3H3,(H,18,28)(H,19,24)(H,20,27)(H,21,29)(H,25,26). The number of likely N-dealkylation sites (N-methyl/N-ethyl adjacent to an activating group) is 1. The summed E-state index contributed by atoms with van der Waals surface area (Å²) in [5.74, 6) is -6.23. The van der Waals surface area contributed by atoms with E-state index in [1.54, 1.807) is 0 Å². The van der Waals surface area contributed by atoms with Gasteiger partial charge in [-0.05, 0) is 0 Å². The minimum atomic E-state index is -1.47. The molecule has 3 atom stereocenters.